The Morgan fingerprint density at radius 1 is 1.50 bits per heavy atom. The Morgan fingerprint density at radius 3 is 2.79 bits per heavy atom. The van der Waals surface area contributed by atoms with E-state index in [0.29, 0.717) is 12.4 Å². The number of aromatic hydroxyl groups is 1. The van der Waals surface area contributed by atoms with Gasteiger partial charge in [-0.15, -0.1) is 0 Å². The Bertz CT molecular complexity index is 301. The summed E-state index contributed by atoms with van der Waals surface area (Å²) in [6.07, 6.45) is -0.427. The molecule has 0 aliphatic heterocycles. The average Bonchev–Trinajstić information content (AvgIpc) is 2.12. The van der Waals surface area contributed by atoms with Crippen LogP contribution < -0.4 is 4.74 Å². The third-order valence-corrected chi connectivity index (χ3v) is 1.62. The Morgan fingerprint density at radius 2 is 2.21 bits per heavy atom. The molecular weight excluding hydrogens is 187 g/mol. The highest BCUT2D eigenvalue weighted by atomic mass is 19.1. The Hall–Kier alpha value is -1.29. The first kappa shape index (κ1) is 10.8. The lowest BCUT2D eigenvalue weighted by Gasteiger charge is -2.14. The third-order valence-electron chi connectivity index (χ3n) is 1.62. The van der Waals surface area contributed by atoms with Crippen molar-refractivity contribution in [2.75, 3.05) is 6.61 Å². The Labute approximate surface area is 82.1 Å². The van der Waals surface area contributed by atoms with Crippen LogP contribution in [0.5, 0.6) is 11.5 Å². The molecule has 1 N–H and O–H groups in total. The second-order valence-corrected chi connectivity index (χ2v) is 2.75. The van der Waals surface area contributed by atoms with Gasteiger partial charge in [0.25, 0.3) is 0 Å². The minimum atomic E-state index is -0.703. The molecule has 1 rings (SSSR count). The molecule has 0 aliphatic rings. The SMILES string of the molecule is CCOC(C)Oc1ccc(O)c(F)c1. The van der Waals surface area contributed by atoms with Crippen molar-refractivity contribution < 1.29 is 19.0 Å². The van der Waals surface area contributed by atoms with Crippen molar-refractivity contribution in [3.8, 4) is 11.5 Å². The lowest BCUT2D eigenvalue weighted by molar-refractivity contribution is -0.0614. The molecular formula is C10H13FO3. The van der Waals surface area contributed by atoms with Gasteiger partial charge < -0.3 is 14.6 Å². The van der Waals surface area contributed by atoms with E-state index in [1.54, 1.807) is 6.92 Å². The van der Waals surface area contributed by atoms with E-state index in [4.69, 9.17) is 14.6 Å². The summed E-state index contributed by atoms with van der Waals surface area (Å²) >= 11 is 0. The zero-order valence-electron chi connectivity index (χ0n) is 8.16. The summed E-state index contributed by atoms with van der Waals surface area (Å²) in [6.45, 7) is 4.09. The van der Waals surface area contributed by atoms with E-state index in [1.807, 2.05) is 6.92 Å². The van der Waals surface area contributed by atoms with E-state index in [9.17, 15) is 4.39 Å². The van der Waals surface area contributed by atoms with Gasteiger partial charge in [-0.1, -0.05) is 0 Å². The number of benzene rings is 1. The number of halogens is 1. The quantitative estimate of drug-likeness (QED) is 0.758. The van der Waals surface area contributed by atoms with Gasteiger partial charge in [0.2, 0.25) is 0 Å². The summed E-state index contributed by atoms with van der Waals surface area (Å²) in [4.78, 5) is 0. The van der Waals surface area contributed by atoms with Gasteiger partial charge in [0.05, 0.1) is 0 Å². The topological polar surface area (TPSA) is 38.7 Å². The summed E-state index contributed by atoms with van der Waals surface area (Å²) in [5.74, 6) is -0.756. The van der Waals surface area contributed by atoms with Crippen molar-refractivity contribution in [3.05, 3.63) is 24.0 Å². The van der Waals surface area contributed by atoms with Gasteiger partial charge in [-0.2, -0.15) is 0 Å². The van der Waals surface area contributed by atoms with Crippen molar-refractivity contribution in [1.29, 1.82) is 0 Å². The van der Waals surface area contributed by atoms with Crippen molar-refractivity contribution in [1.82, 2.24) is 0 Å². The summed E-state index contributed by atoms with van der Waals surface area (Å²) in [7, 11) is 0. The molecule has 4 heteroatoms. The van der Waals surface area contributed by atoms with Gasteiger partial charge in [0.1, 0.15) is 5.75 Å². The lowest BCUT2D eigenvalue weighted by Crippen LogP contribution is -2.15. The molecule has 1 unspecified atom stereocenters. The molecule has 1 aromatic carbocycles. The first-order valence-electron chi connectivity index (χ1n) is 4.40. The summed E-state index contributed by atoms with van der Waals surface area (Å²) in [5, 5.41) is 8.92. The van der Waals surface area contributed by atoms with E-state index in [-0.39, 0.29) is 5.75 Å². The van der Waals surface area contributed by atoms with Gasteiger partial charge in [-0.3, -0.25) is 0 Å². The number of hydrogen-bond donors (Lipinski definition) is 1. The highest BCUT2D eigenvalue weighted by Crippen LogP contribution is 2.21. The van der Waals surface area contributed by atoms with E-state index in [0.717, 1.165) is 6.07 Å². The van der Waals surface area contributed by atoms with Crippen LogP contribution in [-0.2, 0) is 4.74 Å². The van der Waals surface area contributed by atoms with E-state index in [1.165, 1.54) is 12.1 Å². The molecule has 0 spiro atoms. The fourth-order valence-corrected chi connectivity index (χ4v) is 1.02. The number of hydrogen-bond acceptors (Lipinski definition) is 3. The molecule has 1 atom stereocenters. The minimum absolute atomic E-state index is 0.334. The molecule has 0 aliphatic carbocycles. The molecule has 0 amide bonds. The maximum atomic E-state index is 12.8. The van der Waals surface area contributed by atoms with E-state index >= 15 is 0 Å². The molecule has 0 fully saturated rings. The fourth-order valence-electron chi connectivity index (χ4n) is 1.02. The smallest absolute Gasteiger partial charge is 0.196 e. The van der Waals surface area contributed by atoms with Crippen LogP contribution in [0.4, 0.5) is 4.39 Å². The van der Waals surface area contributed by atoms with Crippen molar-refractivity contribution in [2.24, 2.45) is 0 Å². The van der Waals surface area contributed by atoms with E-state index in [2.05, 4.69) is 0 Å². The largest absolute Gasteiger partial charge is 0.505 e. The van der Waals surface area contributed by atoms with Crippen LogP contribution in [0.15, 0.2) is 18.2 Å². The minimum Gasteiger partial charge on any atom is -0.505 e. The Balaban J connectivity index is 2.63. The van der Waals surface area contributed by atoms with E-state index < -0.39 is 12.1 Å². The first-order valence-corrected chi connectivity index (χ1v) is 4.40. The summed E-state index contributed by atoms with van der Waals surface area (Å²) < 4.78 is 23.2. The highest BCUT2D eigenvalue weighted by Gasteiger charge is 2.06. The van der Waals surface area contributed by atoms with Crippen LogP contribution in [0.1, 0.15) is 13.8 Å². The van der Waals surface area contributed by atoms with Crippen LogP contribution in [0.2, 0.25) is 0 Å². The molecule has 1 aromatic rings. The second-order valence-electron chi connectivity index (χ2n) is 2.75. The van der Waals surface area contributed by atoms with Crippen LogP contribution in [0, 0.1) is 5.82 Å². The predicted octanol–water partition coefficient (Wildman–Crippen LogP) is 2.29. The van der Waals surface area contributed by atoms with Gasteiger partial charge in [-0.05, 0) is 26.0 Å². The van der Waals surface area contributed by atoms with Gasteiger partial charge >= 0.3 is 0 Å². The van der Waals surface area contributed by atoms with Gasteiger partial charge in [0, 0.05) is 12.7 Å². The third kappa shape index (κ3) is 2.88. The predicted molar refractivity (Wildman–Crippen MR) is 49.8 cm³/mol. The maximum absolute atomic E-state index is 12.8. The van der Waals surface area contributed by atoms with Crippen LogP contribution in [0.3, 0.4) is 0 Å². The fraction of sp³-hybridized carbons (Fsp3) is 0.400. The molecule has 3 nitrogen and oxygen atoms in total. The van der Waals surface area contributed by atoms with Crippen molar-refractivity contribution in [2.45, 2.75) is 20.1 Å². The molecule has 0 saturated carbocycles. The van der Waals surface area contributed by atoms with Crippen LogP contribution in [0.25, 0.3) is 0 Å². The first-order chi connectivity index (χ1) is 6.63. The Kier molecular flexibility index (Phi) is 3.71. The van der Waals surface area contributed by atoms with Crippen molar-refractivity contribution >= 4 is 0 Å². The molecule has 14 heavy (non-hydrogen) atoms. The number of phenols is 1. The highest BCUT2D eigenvalue weighted by molar-refractivity contribution is 5.31. The molecule has 78 valence electrons. The average molecular weight is 200 g/mol. The van der Waals surface area contributed by atoms with Gasteiger partial charge in [-0.25, -0.2) is 4.39 Å². The number of rotatable bonds is 4. The summed E-state index contributed by atoms with van der Waals surface area (Å²) in [6, 6.07) is 3.84. The normalized spacial score (nSPS) is 12.5. The van der Waals surface area contributed by atoms with Crippen LogP contribution >= 0.6 is 0 Å². The molecule has 0 saturated heterocycles. The second kappa shape index (κ2) is 4.81. The molecule has 0 aromatic heterocycles. The summed E-state index contributed by atoms with van der Waals surface area (Å²) in [5.41, 5.74) is 0. The lowest BCUT2D eigenvalue weighted by atomic mass is 10.3. The number of phenolic OH excluding ortho intramolecular Hbond substituents is 1. The van der Waals surface area contributed by atoms with Crippen LogP contribution in [-0.4, -0.2) is 18.0 Å². The molecule has 0 heterocycles. The monoisotopic (exact) mass is 200 g/mol. The van der Waals surface area contributed by atoms with Crippen molar-refractivity contribution in [3.63, 3.8) is 0 Å². The number of ether oxygens (including phenoxy) is 2. The molecule has 0 bridgehead atoms. The van der Waals surface area contributed by atoms with Gasteiger partial charge in [0.15, 0.2) is 17.9 Å². The maximum Gasteiger partial charge on any atom is 0.196 e. The molecule has 0 radical (unpaired) electrons. The zero-order valence-corrected chi connectivity index (χ0v) is 8.16. The zero-order chi connectivity index (χ0) is 10.6. The standard InChI is InChI=1S/C10H13FO3/c1-3-13-7(2)14-8-4-5-10(12)9(11)6-8/h4-7,12H,3H2,1-2H3.